The van der Waals surface area contributed by atoms with Crippen molar-refractivity contribution in [2.75, 3.05) is 6.54 Å². The Morgan fingerprint density at radius 2 is 2.18 bits per heavy atom. The molecule has 114 valence electrons. The second-order valence-electron chi connectivity index (χ2n) is 5.15. The lowest BCUT2D eigenvalue weighted by molar-refractivity contribution is -0.121. The molecule has 0 aliphatic heterocycles. The maximum atomic E-state index is 13.3. The fourth-order valence-corrected chi connectivity index (χ4v) is 2.41. The lowest BCUT2D eigenvalue weighted by atomic mass is 10.2. The Hall–Kier alpha value is -2.63. The molecule has 0 aliphatic rings. The van der Waals surface area contributed by atoms with E-state index in [0.717, 1.165) is 23.9 Å². The highest BCUT2D eigenvalue weighted by Gasteiger charge is 2.06. The van der Waals surface area contributed by atoms with Gasteiger partial charge >= 0.3 is 0 Å². The Morgan fingerprint density at radius 3 is 3.00 bits per heavy atom. The van der Waals surface area contributed by atoms with E-state index in [9.17, 15) is 9.18 Å². The van der Waals surface area contributed by atoms with Gasteiger partial charge in [-0.05, 0) is 36.1 Å². The zero-order valence-electron chi connectivity index (χ0n) is 12.1. The molecule has 3 rings (SSSR count). The fourth-order valence-electron chi connectivity index (χ4n) is 2.41. The van der Waals surface area contributed by atoms with Crippen LogP contribution < -0.4 is 5.32 Å². The molecule has 22 heavy (non-hydrogen) atoms. The molecule has 0 spiro atoms. The fraction of sp³-hybridized carbons (Fsp3) is 0.250. The minimum Gasteiger partial charge on any atom is -0.354 e. The number of aromatic nitrogens is 3. The Labute approximate surface area is 127 Å². The molecule has 0 saturated carbocycles. The zero-order chi connectivity index (χ0) is 15.4. The van der Waals surface area contributed by atoms with Gasteiger partial charge in [0.05, 0.1) is 11.8 Å². The highest BCUT2D eigenvalue weighted by Crippen LogP contribution is 2.16. The molecule has 0 fully saturated rings. The minimum absolute atomic E-state index is 0.0765. The molecule has 0 radical (unpaired) electrons. The second kappa shape index (κ2) is 6.43. The predicted molar refractivity (Wildman–Crippen MR) is 81.7 cm³/mol. The van der Waals surface area contributed by atoms with Gasteiger partial charge in [0, 0.05) is 31.7 Å². The van der Waals surface area contributed by atoms with Gasteiger partial charge < -0.3 is 14.5 Å². The van der Waals surface area contributed by atoms with Crippen LogP contribution in [0.2, 0.25) is 0 Å². The minimum atomic E-state index is -0.298. The molecule has 1 amide bonds. The molecule has 0 atom stereocenters. The van der Waals surface area contributed by atoms with Crippen molar-refractivity contribution in [1.29, 1.82) is 0 Å². The number of hydrogen-bond acceptors (Lipinski definition) is 2. The van der Waals surface area contributed by atoms with Crippen LogP contribution in [0.3, 0.4) is 0 Å². The summed E-state index contributed by atoms with van der Waals surface area (Å²) >= 11 is 0. The first-order chi connectivity index (χ1) is 10.7. The van der Waals surface area contributed by atoms with Crippen molar-refractivity contribution in [2.45, 2.75) is 19.5 Å². The van der Waals surface area contributed by atoms with Gasteiger partial charge in [-0.2, -0.15) is 0 Å². The molecular weight excluding hydrogens is 283 g/mol. The van der Waals surface area contributed by atoms with Gasteiger partial charge in [0.2, 0.25) is 5.91 Å². The molecule has 2 heterocycles. The van der Waals surface area contributed by atoms with Crippen LogP contribution in [0.4, 0.5) is 4.39 Å². The maximum Gasteiger partial charge on any atom is 0.239 e. The van der Waals surface area contributed by atoms with Crippen LogP contribution in [0.5, 0.6) is 0 Å². The van der Waals surface area contributed by atoms with Gasteiger partial charge in [-0.1, -0.05) is 0 Å². The van der Waals surface area contributed by atoms with Crippen molar-refractivity contribution < 1.29 is 9.18 Å². The zero-order valence-corrected chi connectivity index (χ0v) is 12.1. The average molecular weight is 300 g/mol. The number of aryl methyl sites for hydroxylation is 1. The molecule has 2 aromatic heterocycles. The molecule has 0 saturated heterocycles. The van der Waals surface area contributed by atoms with Crippen molar-refractivity contribution in [3.05, 3.63) is 55.0 Å². The first-order valence-corrected chi connectivity index (χ1v) is 7.19. The lowest BCUT2D eigenvalue weighted by Gasteiger charge is -2.08. The highest BCUT2D eigenvalue weighted by molar-refractivity contribution is 5.83. The van der Waals surface area contributed by atoms with Crippen molar-refractivity contribution >= 4 is 16.8 Å². The van der Waals surface area contributed by atoms with Crippen LogP contribution in [0, 0.1) is 5.82 Å². The first-order valence-electron chi connectivity index (χ1n) is 7.19. The smallest absolute Gasteiger partial charge is 0.239 e. The molecule has 6 heteroatoms. The van der Waals surface area contributed by atoms with Crippen LogP contribution in [-0.4, -0.2) is 26.6 Å². The van der Waals surface area contributed by atoms with E-state index < -0.39 is 0 Å². The summed E-state index contributed by atoms with van der Waals surface area (Å²) in [5.41, 5.74) is 0.730. The summed E-state index contributed by atoms with van der Waals surface area (Å²) in [5.74, 6) is -0.374. The highest BCUT2D eigenvalue weighted by atomic mass is 19.1. The summed E-state index contributed by atoms with van der Waals surface area (Å²) in [7, 11) is 0. The Bertz CT molecular complexity index is 764. The number of halogens is 1. The van der Waals surface area contributed by atoms with Crippen molar-refractivity contribution in [3.8, 4) is 0 Å². The summed E-state index contributed by atoms with van der Waals surface area (Å²) in [6.45, 7) is 1.61. The lowest BCUT2D eigenvalue weighted by Crippen LogP contribution is -2.28. The van der Waals surface area contributed by atoms with Gasteiger partial charge in [0.15, 0.2) is 0 Å². The number of nitrogens with one attached hydrogen (secondary N) is 1. The van der Waals surface area contributed by atoms with Crippen molar-refractivity contribution in [3.63, 3.8) is 0 Å². The Morgan fingerprint density at radius 1 is 1.27 bits per heavy atom. The predicted octanol–water partition coefficient (Wildman–Crippen LogP) is 2.18. The van der Waals surface area contributed by atoms with Crippen LogP contribution in [-0.2, 0) is 17.9 Å². The number of carbonyl (C=O) groups is 1. The number of carbonyl (C=O) groups excluding carboxylic acids is 1. The number of hydrogen-bond donors (Lipinski definition) is 1. The maximum absolute atomic E-state index is 13.3. The standard InChI is InChI=1S/C16H17FN4O/c17-14-3-2-13-4-8-21(15(13)10-14)11-16(22)19-5-1-7-20-9-6-18-12-20/h2-4,6,8-10,12H,1,5,7,11H2,(H,19,22). The van der Waals surface area contributed by atoms with Crippen LogP contribution in [0.1, 0.15) is 6.42 Å². The number of nitrogens with zero attached hydrogens (tertiary/aromatic N) is 3. The van der Waals surface area contributed by atoms with E-state index in [4.69, 9.17) is 0 Å². The van der Waals surface area contributed by atoms with Gasteiger partial charge in [0.1, 0.15) is 12.4 Å². The third-order valence-corrected chi connectivity index (χ3v) is 3.52. The molecule has 1 N–H and O–H groups in total. The first kappa shape index (κ1) is 14.3. The average Bonchev–Trinajstić information content (AvgIpc) is 3.14. The normalized spacial score (nSPS) is 11.0. The molecule has 3 aromatic rings. The van der Waals surface area contributed by atoms with Crippen molar-refractivity contribution in [2.24, 2.45) is 0 Å². The second-order valence-corrected chi connectivity index (χ2v) is 5.15. The number of benzene rings is 1. The molecule has 0 aliphatic carbocycles. The third kappa shape index (κ3) is 3.33. The van der Waals surface area contributed by atoms with Gasteiger partial charge in [0.25, 0.3) is 0 Å². The van der Waals surface area contributed by atoms with Gasteiger partial charge in [-0.15, -0.1) is 0 Å². The number of fused-ring (bicyclic) bond motifs is 1. The summed E-state index contributed by atoms with van der Waals surface area (Å²) in [6, 6.07) is 6.45. The van der Waals surface area contributed by atoms with E-state index in [2.05, 4.69) is 10.3 Å². The van der Waals surface area contributed by atoms with E-state index in [1.54, 1.807) is 29.4 Å². The van der Waals surface area contributed by atoms with E-state index in [1.807, 2.05) is 16.8 Å². The number of imidazole rings is 1. The molecular formula is C16H17FN4O. The third-order valence-electron chi connectivity index (χ3n) is 3.52. The number of rotatable bonds is 6. The van der Waals surface area contributed by atoms with E-state index in [0.29, 0.717) is 6.54 Å². The van der Waals surface area contributed by atoms with Crippen LogP contribution in [0.15, 0.2) is 49.2 Å². The summed E-state index contributed by atoms with van der Waals surface area (Å²) in [6.07, 6.45) is 8.01. The monoisotopic (exact) mass is 300 g/mol. The van der Waals surface area contributed by atoms with E-state index in [1.165, 1.54) is 12.1 Å². The Kier molecular flexibility index (Phi) is 4.18. The van der Waals surface area contributed by atoms with E-state index >= 15 is 0 Å². The SMILES string of the molecule is O=C(Cn1ccc2ccc(F)cc21)NCCCn1ccnc1. The summed E-state index contributed by atoms with van der Waals surface area (Å²) < 4.78 is 17.0. The van der Waals surface area contributed by atoms with E-state index in [-0.39, 0.29) is 18.3 Å². The number of amides is 1. The van der Waals surface area contributed by atoms with Gasteiger partial charge in [-0.25, -0.2) is 9.37 Å². The van der Waals surface area contributed by atoms with Crippen LogP contribution in [0.25, 0.3) is 10.9 Å². The molecule has 0 bridgehead atoms. The largest absolute Gasteiger partial charge is 0.354 e. The molecule has 1 aromatic carbocycles. The quantitative estimate of drug-likeness (QED) is 0.709. The molecule has 0 unspecified atom stereocenters. The summed E-state index contributed by atoms with van der Waals surface area (Å²) in [5, 5.41) is 3.80. The van der Waals surface area contributed by atoms with Crippen LogP contribution >= 0.6 is 0 Å². The van der Waals surface area contributed by atoms with Crippen molar-refractivity contribution in [1.82, 2.24) is 19.4 Å². The molecule has 5 nitrogen and oxygen atoms in total. The Balaban J connectivity index is 1.51. The van der Waals surface area contributed by atoms with Gasteiger partial charge in [-0.3, -0.25) is 4.79 Å². The summed E-state index contributed by atoms with van der Waals surface area (Å²) in [4.78, 5) is 15.9. The topological polar surface area (TPSA) is 51.9 Å².